The van der Waals surface area contributed by atoms with Crippen molar-refractivity contribution in [1.29, 1.82) is 0 Å². The molecule has 0 aliphatic carbocycles. The van der Waals surface area contributed by atoms with Gasteiger partial charge in [-0.2, -0.15) is 4.31 Å². The topological polar surface area (TPSA) is 88.2 Å². The van der Waals surface area contributed by atoms with Crippen molar-refractivity contribution in [3.05, 3.63) is 47.0 Å². The van der Waals surface area contributed by atoms with Crippen LogP contribution in [0.25, 0.3) is 0 Å². The van der Waals surface area contributed by atoms with Crippen molar-refractivity contribution in [2.75, 3.05) is 56.2 Å². The second kappa shape index (κ2) is 10.3. The zero-order chi connectivity index (χ0) is 24.3. The van der Waals surface area contributed by atoms with Gasteiger partial charge in [0.05, 0.1) is 29.5 Å². The Morgan fingerprint density at radius 3 is 2.29 bits per heavy atom. The standard InChI is InChI=1S/C25H33N3O5S/c1-18-14-19(2)25(20(3)15-18)33-17-24(29)26-22-16-21(6-7-23(22)27-8-4-5-9-27)34(30,31)28-10-12-32-13-11-28/h6-7,14-16H,4-5,8-13,17H2,1-3H3,(H,26,29). The number of sulfonamides is 1. The number of carbonyl (C=O) groups excluding carboxylic acids is 1. The molecule has 2 aromatic carbocycles. The predicted molar refractivity (Wildman–Crippen MR) is 132 cm³/mol. The first-order valence-corrected chi connectivity index (χ1v) is 13.2. The van der Waals surface area contributed by atoms with E-state index in [9.17, 15) is 13.2 Å². The molecule has 4 rings (SSSR count). The molecule has 0 spiro atoms. The van der Waals surface area contributed by atoms with E-state index in [4.69, 9.17) is 9.47 Å². The molecule has 8 nitrogen and oxygen atoms in total. The van der Waals surface area contributed by atoms with Gasteiger partial charge in [0.25, 0.3) is 5.91 Å². The average Bonchev–Trinajstić information content (AvgIpc) is 3.33. The lowest BCUT2D eigenvalue weighted by Crippen LogP contribution is -2.40. The Kier molecular flexibility index (Phi) is 7.45. The molecule has 2 saturated heterocycles. The highest BCUT2D eigenvalue weighted by molar-refractivity contribution is 7.89. The van der Waals surface area contributed by atoms with Crippen LogP contribution in [0.5, 0.6) is 5.75 Å². The number of ether oxygens (including phenoxy) is 2. The van der Waals surface area contributed by atoms with Crippen LogP contribution in [0.1, 0.15) is 29.5 Å². The molecule has 0 unspecified atom stereocenters. The average molecular weight is 488 g/mol. The molecule has 2 heterocycles. The van der Waals surface area contributed by atoms with Crippen LogP contribution in [-0.4, -0.2) is 64.6 Å². The third kappa shape index (κ3) is 5.37. The SMILES string of the molecule is Cc1cc(C)c(OCC(=O)Nc2cc(S(=O)(=O)N3CCOCC3)ccc2N2CCCC2)c(C)c1. The summed E-state index contributed by atoms with van der Waals surface area (Å²) in [5.74, 6) is 0.366. The first-order valence-electron chi connectivity index (χ1n) is 11.7. The van der Waals surface area contributed by atoms with Crippen LogP contribution in [0, 0.1) is 20.8 Å². The van der Waals surface area contributed by atoms with Gasteiger partial charge < -0.3 is 19.7 Å². The van der Waals surface area contributed by atoms with E-state index >= 15 is 0 Å². The van der Waals surface area contributed by atoms with Gasteiger partial charge >= 0.3 is 0 Å². The molecule has 2 aliphatic rings. The monoisotopic (exact) mass is 487 g/mol. The summed E-state index contributed by atoms with van der Waals surface area (Å²) in [6.45, 7) is 8.92. The summed E-state index contributed by atoms with van der Waals surface area (Å²) >= 11 is 0. The van der Waals surface area contributed by atoms with E-state index in [2.05, 4.69) is 10.2 Å². The number of amides is 1. The molecule has 2 aliphatic heterocycles. The number of nitrogens with one attached hydrogen (secondary N) is 1. The summed E-state index contributed by atoms with van der Waals surface area (Å²) in [5, 5.41) is 2.91. The molecule has 34 heavy (non-hydrogen) atoms. The van der Waals surface area contributed by atoms with E-state index < -0.39 is 10.0 Å². The number of rotatable bonds is 7. The van der Waals surface area contributed by atoms with E-state index in [1.54, 1.807) is 18.2 Å². The summed E-state index contributed by atoms with van der Waals surface area (Å²) in [5.41, 5.74) is 4.40. The molecule has 9 heteroatoms. The van der Waals surface area contributed by atoms with Crippen LogP contribution in [0.15, 0.2) is 35.2 Å². The lowest BCUT2D eigenvalue weighted by molar-refractivity contribution is -0.118. The smallest absolute Gasteiger partial charge is 0.262 e. The van der Waals surface area contributed by atoms with E-state index in [1.807, 2.05) is 32.9 Å². The van der Waals surface area contributed by atoms with Gasteiger partial charge in [0.2, 0.25) is 10.0 Å². The minimum atomic E-state index is -3.68. The quantitative estimate of drug-likeness (QED) is 0.645. The highest BCUT2D eigenvalue weighted by Gasteiger charge is 2.28. The molecule has 1 amide bonds. The summed E-state index contributed by atoms with van der Waals surface area (Å²) < 4.78 is 39.0. The maximum atomic E-state index is 13.2. The normalized spacial score (nSPS) is 17.1. The van der Waals surface area contributed by atoms with Crippen molar-refractivity contribution >= 4 is 27.3 Å². The fraction of sp³-hybridized carbons (Fsp3) is 0.480. The second-order valence-corrected chi connectivity index (χ2v) is 10.9. The molecule has 2 aromatic rings. The van der Waals surface area contributed by atoms with Crippen molar-refractivity contribution in [2.24, 2.45) is 0 Å². The first kappa shape index (κ1) is 24.5. The molecule has 2 fully saturated rings. The minimum absolute atomic E-state index is 0.162. The van der Waals surface area contributed by atoms with Gasteiger partial charge in [-0.05, 0) is 62.9 Å². The number of anilines is 2. The van der Waals surface area contributed by atoms with E-state index in [-0.39, 0.29) is 17.4 Å². The molecular formula is C25H33N3O5S. The van der Waals surface area contributed by atoms with Crippen LogP contribution in [0.3, 0.4) is 0 Å². The summed E-state index contributed by atoms with van der Waals surface area (Å²) in [6.07, 6.45) is 2.13. The Morgan fingerprint density at radius 1 is 1.00 bits per heavy atom. The lowest BCUT2D eigenvalue weighted by Gasteiger charge is -2.27. The van der Waals surface area contributed by atoms with Crippen molar-refractivity contribution in [3.8, 4) is 5.75 Å². The van der Waals surface area contributed by atoms with Crippen LogP contribution < -0.4 is 15.0 Å². The number of aryl methyl sites for hydroxylation is 3. The van der Waals surface area contributed by atoms with Crippen molar-refractivity contribution in [3.63, 3.8) is 0 Å². The summed E-state index contributed by atoms with van der Waals surface area (Å²) in [6, 6.07) is 9.03. The van der Waals surface area contributed by atoms with Gasteiger partial charge in [-0.25, -0.2) is 8.42 Å². The Labute approximate surface area is 201 Å². The Bertz CT molecular complexity index is 1130. The van der Waals surface area contributed by atoms with Gasteiger partial charge in [-0.3, -0.25) is 4.79 Å². The number of hydrogen-bond acceptors (Lipinski definition) is 6. The Hall–Kier alpha value is -2.62. The third-order valence-electron chi connectivity index (χ3n) is 6.25. The zero-order valence-electron chi connectivity index (χ0n) is 20.1. The van der Waals surface area contributed by atoms with Crippen molar-refractivity contribution in [1.82, 2.24) is 4.31 Å². The number of morpholine rings is 1. The third-order valence-corrected chi connectivity index (χ3v) is 8.14. The van der Waals surface area contributed by atoms with Gasteiger partial charge in [0, 0.05) is 26.2 Å². The van der Waals surface area contributed by atoms with Crippen molar-refractivity contribution in [2.45, 2.75) is 38.5 Å². The second-order valence-electron chi connectivity index (χ2n) is 8.95. The fourth-order valence-electron chi connectivity index (χ4n) is 4.66. The number of hydrogen-bond donors (Lipinski definition) is 1. The fourth-order valence-corrected chi connectivity index (χ4v) is 6.10. The van der Waals surface area contributed by atoms with Crippen LogP contribution >= 0.6 is 0 Å². The van der Waals surface area contributed by atoms with E-state index in [0.29, 0.717) is 37.7 Å². The highest BCUT2D eigenvalue weighted by Crippen LogP contribution is 2.33. The first-order chi connectivity index (χ1) is 16.3. The number of carbonyl (C=O) groups is 1. The van der Waals surface area contributed by atoms with Crippen LogP contribution in [0.4, 0.5) is 11.4 Å². The lowest BCUT2D eigenvalue weighted by atomic mass is 10.1. The highest BCUT2D eigenvalue weighted by atomic mass is 32.2. The molecule has 0 radical (unpaired) electrons. The number of nitrogens with zero attached hydrogens (tertiary/aromatic N) is 2. The summed E-state index contributed by atoms with van der Waals surface area (Å²) in [7, 11) is -3.68. The van der Waals surface area contributed by atoms with E-state index in [1.165, 1.54) is 4.31 Å². The number of benzene rings is 2. The largest absolute Gasteiger partial charge is 0.483 e. The molecule has 0 bridgehead atoms. The van der Waals surface area contributed by atoms with Gasteiger partial charge in [-0.15, -0.1) is 0 Å². The van der Waals surface area contributed by atoms with Crippen molar-refractivity contribution < 1.29 is 22.7 Å². The Morgan fingerprint density at radius 2 is 1.65 bits per heavy atom. The molecular weight excluding hydrogens is 454 g/mol. The summed E-state index contributed by atoms with van der Waals surface area (Å²) in [4.78, 5) is 15.2. The maximum Gasteiger partial charge on any atom is 0.262 e. The van der Waals surface area contributed by atoms with Gasteiger partial charge in [0.15, 0.2) is 6.61 Å². The molecule has 0 saturated carbocycles. The molecule has 0 aromatic heterocycles. The van der Waals surface area contributed by atoms with Crippen LogP contribution in [0.2, 0.25) is 0 Å². The van der Waals surface area contributed by atoms with Crippen LogP contribution in [-0.2, 0) is 19.6 Å². The predicted octanol–water partition coefficient (Wildman–Crippen LogP) is 3.25. The molecule has 1 N–H and O–H groups in total. The zero-order valence-corrected chi connectivity index (χ0v) is 20.9. The minimum Gasteiger partial charge on any atom is -0.483 e. The van der Waals surface area contributed by atoms with E-state index in [0.717, 1.165) is 48.3 Å². The molecule has 184 valence electrons. The molecule has 0 atom stereocenters. The maximum absolute atomic E-state index is 13.2. The Balaban J connectivity index is 1.56. The van der Waals surface area contributed by atoms with Gasteiger partial charge in [-0.1, -0.05) is 17.7 Å². The van der Waals surface area contributed by atoms with Gasteiger partial charge in [0.1, 0.15) is 5.75 Å².